The van der Waals surface area contributed by atoms with E-state index < -0.39 is 6.10 Å². The third-order valence-electron chi connectivity index (χ3n) is 4.98. The molecule has 6 nitrogen and oxygen atoms in total. The smallest absolute Gasteiger partial charge is 0.265 e. The minimum atomic E-state index is -0.630. The van der Waals surface area contributed by atoms with Crippen molar-refractivity contribution >= 4 is 17.5 Å². The molecule has 0 saturated carbocycles. The number of ether oxygens (including phenoxy) is 2. The molecular weight excluding hydrogens is 380 g/mol. The molecule has 2 amide bonds. The molecule has 0 aromatic heterocycles. The van der Waals surface area contributed by atoms with Gasteiger partial charge in [-0.15, -0.1) is 0 Å². The first-order chi connectivity index (χ1) is 14.5. The number of hydrogen-bond donors (Lipinski definition) is 2. The number of amides is 2. The SMILES string of the molecule is CCC(Oc1ccccc1C(C)CC)C(=O)Nc1cccc(C(=O)NCCOC)c1. The van der Waals surface area contributed by atoms with E-state index in [0.717, 1.165) is 17.7 Å². The van der Waals surface area contributed by atoms with Gasteiger partial charge in [-0.1, -0.05) is 45.0 Å². The van der Waals surface area contributed by atoms with Crippen LogP contribution in [-0.4, -0.2) is 38.2 Å². The Hall–Kier alpha value is -2.86. The van der Waals surface area contributed by atoms with Gasteiger partial charge in [-0.3, -0.25) is 9.59 Å². The summed E-state index contributed by atoms with van der Waals surface area (Å²) in [7, 11) is 1.58. The molecule has 162 valence electrons. The molecule has 0 heterocycles. The number of carbonyl (C=O) groups is 2. The van der Waals surface area contributed by atoms with Crippen molar-refractivity contribution in [3.8, 4) is 5.75 Å². The molecule has 0 radical (unpaired) electrons. The lowest BCUT2D eigenvalue weighted by molar-refractivity contribution is -0.122. The van der Waals surface area contributed by atoms with Crippen molar-refractivity contribution in [2.75, 3.05) is 25.6 Å². The monoisotopic (exact) mass is 412 g/mol. The average Bonchev–Trinajstić information content (AvgIpc) is 2.77. The third kappa shape index (κ3) is 6.59. The molecular formula is C24H32N2O4. The molecule has 0 bridgehead atoms. The Morgan fingerprint density at radius 2 is 1.80 bits per heavy atom. The highest BCUT2D eigenvalue weighted by molar-refractivity contribution is 5.98. The number of benzene rings is 2. The van der Waals surface area contributed by atoms with Crippen molar-refractivity contribution in [3.05, 3.63) is 59.7 Å². The number of methoxy groups -OCH3 is 1. The van der Waals surface area contributed by atoms with Gasteiger partial charge in [0.25, 0.3) is 11.8 Å². The zero-order valence-corrected chi connectivity index (χ0v) is 18.2. The summed E-state index contributed by atoms with van der Waals surface area (Å²) in [5, 5.41) is 5.64. The van der Waals surface area contributed by atoms with Crippen LogP contribution in [0.25, 0.3) is 0 Å². The Morgan fingerprint density at radius 1 is 1.03 bits per heavy atom. The van der Waals surface area contributed by atoms with Crippen molar-refractivity contribution in [1.29, 1.82) is 0 Å². The summed E-state index contributed by atoms with van der Waals surface area (Å²) < 4.78 is 11.0. The van der Waals surface area contributed by atoms with Gasteiger partial charge < -0.3 is 20.1 Å². The second-order valence-electron chi connectivity index (χ2n) is 7.18. The maximum atomic E-state index is 12.8. The van der Waals surface area contributed by atoms with Gasteiger partial charge in [0.05, 0.1) is 6.61 Å². The predicted octanol–water partition coefficient (Wildman–Crippen LogP) is 4.37. The second kappa shape index (κ2) is 12.0. The summed E-state index contributed by atoms with van der Waals surface area (Å²) in [5.74, 6) is 0.623. The fraction of sp³-hybridized carbons (Fsp3) is 0.417. The topological polar surface area (TPSA) is 76.7 Å². The molecule has 0 aliphatic heterocycles. The average molecular weight is 413 g/mol. The standard InChI is InChI=1S/C24H32N2O4/c1-5-17(3)20-12-7-8-13-22(20)30-21(6-2)24(28)26-19-11-9-10-18(16-19)23(27)25-14-15-29-4/h7-13,16-17,21H,5-6,14-15H2,1-4H3,(H,25,27)(H,26,28). The van der Waals surface area contributed by atoms with Crippen molar-refractivity contribution in [2.24, 2.45) is 0 Å². The molecule has 0 aliphatic rings. The second-order valence-corrected chi connectivity index (χ2v) is 7.18. The van der Waals surface area contributed by atoms with Gasteiger partial charge in [-0.05, 0) is 48.6 Å². The van der Waals surface area contributed by atoms with Gasteiger partial charge in [0.2, 0.25) is 0 Å². The fourth-order valence-corrected chi connectivity index (χ4v) is 3.02. The summed E-state index contributed by atoms with van der Waals surface area (Å²) in [6, 6.07) is 14.7. The van der Waals surface area contributed by atoms with E-state index in [1.165, 1.54) is 0 Å². The molecule has 6 heteroatoms. The van der Waals surface area contributed by atoms with Crippen LogP contribution < -0.4 is 15.4 Å². The zero-order valence-electron chi connectivity index (χ0n) is 18.2. The van der Waals surface area contributed by atoms with E-state index in [0.29, 0.717) is 36.7 Å². The van der Waals surface area contributed by atoms with Gasteiger partial charge in [-0.2, -0.15) is 0 Å². The summed E-state index contributed by atoms with van der Waals surface area (Å²) >= 11 is 0. The number of para-hydroxylation sites is 1. The number of hydrogen-bond acceptors (Lipinski definition) is 4. The summed E-state index contributed by atoms with van der Waals surface area (Å²) in [4.78, 5) is 25.1. The summed E-state index contributed by atoms with van der Waals surface area (Å²) in [6.07, 6.45) is 0.884. The molecule has 30 heavy (non-hydrogen) atoms. The highest BCUT2D eigenvalue weighted by atomic mass is 16.5. The molecule has 0 aliphatic carbocycles. The molecule has 2 aromatic carbocycles. The highest BCUT2D eigenvalue weighted by Crippen LogP contribution is 2.29. The summed E-state index contributed by atoms with van der Waals surface area (Å²) in [5.41, 5.74) is 2.12. The van der Waals surface area contributed by atoms with E-state index in [2.05, 4.69) is 24.5 Å². The van der Waals surface area contributed by atoms with Crippen LogP contribution in [0.15, 0.2) is 48.5 Å². The Morgan fingerprint density at radius 3 is 2.50 bits per heavy atom. The van der Waals surface area contributed by atoms with Crippen LogP contribution in [0.2, 0.25) is 0 Å². The lowest BCUT2D eigenvalue weighted by atomic mass is 9.98. The quantitative estimate of drug-likeness (QED) is 0.537. The Bertz CT molecular complexity index is 837. The maximum absolute atomic E-state index is 12.8. The van der Waals surface area contributed by atoms with Crippen LogP contribution in [0.1, 0.15) is 55.5 Å². The van der Waals surface area contributed by atoms with Gasteiger partial charge in [-0.25, -0.2) is 0 Å². The lowest BCUT2D eigenvalue weighted by Gasteiger charge is -2.21. The van der Waals surface area contributed by atoms with E-state index in [1.807, 2.05) is 31.2 Å². The fourth-order valence-electron chi connectivity index (χ4n) is 3.02. The third-order valence-corrected chi connectivity index (χ3v) is 4.98. The first-order valence-electron chi connectivity index (χ1n) is 10.4. The maximum Gasteiger partial charge on any atom is 0.265 e. The largest absolute Gasteiger partial charge is 0.480 e. The molecule has 2 rings (SSSR count). The van der Waals surface area contributed by atoms with Crippen LogP contribution in [0.5, 0.6) is 5.75 Å². The number of rotatable bonds is 11. The van der Waals surface area contributed by atoms with Crippen LogP contribution in [0, 0.1) is 0 Å². The van der Waals surface area contributed by atoms with E-state index in [1.54, 1.807) is 31.4 Å². The van der Waals surface area contributed by atoms with Crippen molar-refractivity contribution in [1.82, 2.24) is 5.32 Å². The van der Waals surface area contributed by atoms with Crippen LogP contribution in [0.3, 0.4) is 0 Å². The van der Waals surface area contributed by atoms with Gasteiger partial charge in [0, 0.05) is 24.9 Å². The van der Waals surface area contributed by atoms with Crippen molar-refractivity contribution in [3.63, 3.8) is 0 Å². The highest BCUT2D eigenvalue weighted by Gasteiger charge is 2.21. The van der Waals surface area contributed by atoms with Gasteiger partial charge >= 0.3 is 0 Å². The Kier molecular flexibility index (Phi) is 9.35. The zero-order chi connectivity index (χ0) is 21.9. The molecule has 2 N–H and O–H groups in total. The molecule has 0 spiro atoms. The number of anilines is 1. The number of nitrogens with one attached hydrogen (secondary N) is 2. The minimum absolute atomic E-state index is 0.214. The summed E-state index contributed by atoms with van der Waals surface area (Å²) in [6.45, 7) is 7.05. The van der Waals surface area contributed by atoms with Gasteiger partial charge in [0.1, 0.15) is 5.75 Å². The van der Waals surface area contributed by atoms with Crippen molar-refractivity contribution in [2.45, 2.75) is 45.6 Å². The first kappa shape index (κ1) is 23.4. The van der Waals surface area contributed by atoms with E-state index >= 15 is 0 Å². The van der Waals surface area contributed by atoms with Crippen molar-refractivity contribution < 1.29 is 19.1 Å². The Labute approximate surface area is 179 Å². The predicted molar refractivity (Wildman–Crippen MR) is 119 cm³/mol. The molecule has 2 unspecified atom stereocenters. The van der Waals surface area contributed by atoms with E-state index in [4.69, 9.17) is 9.47 Å². The van der Waals surface area contributed by atoms with Crippen LogP contribution >= 0.6 is 0 Å². The molecule has 2 aromatic rings. The normalized spacial score (nSPS) is 12.7. The molecule has 0 fully saturated rings. The van der Waals surface area contributed by atoms with Crippen LogP contribution in [0.4, 0.5) is 5.69 Å². The van der Waals surface area contributed by atoms with E-state index in [-0.39, 0.29) is 11.8 Å². The van der Waals surface area contributed by atoms with E-state index in [9.17, 15) is 9.59 Å². The first-order valence-corrected chi connectivity index (χ1v) is 10.4. The molecule has 2 atom stereocenters. The lowest BCUT2D eigenvalue weighted by Crippen LogP contribution is -2.33. The number of carbonyl (C=O) groups excluding carboxylic acids is 2. The van der Waals surface area contributed by atoms with Gasteiger partial charge in [0.15, 0.2) is 6.10 Å². The molecule has 0 saturated heterocycles. The minimum Gasteiger partial charge on any atom is -0.480 e. The Balaban J connectivity index is 2.07. The van der Waals surface area contributed by atoms with Crippen LogP contribution in [-0.2, 0) is 9.53 Å².